The Morgan fingerprint density at radius 2 is 1.85 bits per heavy atom. The van der Waals surface area contributed by atoms with Crippen molar-refractivity contribution in [3.05, 3.63) is 64.8 Å². The number of aliphatic carboxylic acids is 1. The molecule has 0 radical (unpaired) electrons. The van der Waals surface area contributed by atoms with Crippen LogP contribution < -0.4 is 4.90 Å². The fourth-order valence-electron chi connectivity index (χ4n) is 3.89. The number of benzene rings is 2. The van der Waals surface area contributed by atoms with E-state index < -0.39 is 5.97 Å². The van der Waals surface area contributed by atoms with Crippen LogP contribution in [0.5, 0.6) is 0 Å². The van der Waals surface area contributed by atoms with Crippen molar-refractivity contribution in [3.8, 4) is 0 Å². The van der Waals surface area contributed by atoms with Crippen LogP contribution in [0.15, 0.2) is 42.5 Å². The fourth-order valence-corrected chi connectivity index (χ4v) is 3.89. The summed E-state index contributed by atoms with van der Waals surface area (Å²) in [6.07, 6.45) is 0.710. The molecule has 1 amide bonds. The number of para-hydroxylation sites is 1. The van der Waals surface area contributed by atoms with E-state index >= 15 is 0 Å². The van der Waals surface area contributed by atoms with Crippen LogP contribution in [-0.4, -0.2) is 28.1 Å². The molecule has 5 heteroatoms. The van der Waals surface area contributed by atoms with Gasteiger partial charge in [-0.2, -0.15) is 0 Å². The summed E-state index contributed by atoms with van der Waals surface area (Å²) in [5, 5.41) is 10.4. The van der Waals surface area contributed by atoms with Crippen LogP contribution >= 0.6 is 0 Å². The van der Waals surface area contributed by atoms with E-state index in [-0.39, 0.29) is 12.5 Å². The summed E-state index contributed by atoms with van der Waals surface area (Å²) < 4.78 is 1.69. The van der Waals surface area contributed by atoms with Gasteiger partial charge < -0.3 is 14.6 Å². The smallest absolute Gasteiger partial charge is 0.323 e. The van der Waals surface area contributed by atoms with Crippen LogP contribution in [0, 0.1) is 13.8 Å². The number of carbonyl (C=O) groups is 2. The Bertz CT molecular complexity index is 1030. The Labute approximate surface area is 151 Å². The van der Waals surface area contributed by atoms with E-state index in [0.29, 0.717) is 18.7 Å². The van der Waals surface area contributed by atoms with E-state index in [1.165, 1.54) is 0 Å². The van der Waals surface area contributed by atoms with Crippen molar-refractivity contribution in [1.29, 1.82) is 0 Å². The van der Waals surface area contributed by atoms with E-state index in [1.807, 2.05) is 56.3 Å². The first-order chi connectivity index (χ1) is 12.5. The van der Waals surface area contributed by atoms with Gasteiger partial charge in [0.15, 0.2) is 0 Å². The summed E-state index contributed by atoms with van der Waals surface area (Å²) in [6.45, 7) is 4.37. The number of hydrogen-bond acceptors (Lipinski definition) is 2. The molecule has 0 saturated carbocycles. The Morgan fingerprint density at radius 3 is 2.54 bits per heavy atom. The first kappa shape index (κ1) is 16.4. The molecule has 5 nitrogen and oxygen atoms in total. The third-order valence-electron chi connectivity index (χ3n) is 5.25. The molecule has 0 saturated heterocycles. The van der Waals surface area contributed by atoms with Crippen LogP contribution in [0.2, 0.25) is 0 Å². The van der Waals surface area contributed by atoms with Gasteiger partial charge >= 0.3 is 5.97 Å². The number of aromatic nitrogens is 1. The molecule has 1 N–H and O–H groups in total. The number of fused-ring (bicyclic) bond motifs is 3. The second-order valence-corrected chi connectivity index (χ2v) is 6.75. The Morgan fingerprint density at radius 1 is 1.12 bits per heavy atom. The number of anilines is 1. The van der Waals surface area contributed by atoms with E-state index in [2.05, 4.69) is 0 Å². The molecule has 0 fully saturated rings. The molecule has 4 rings (SSSR count). The summed E-state index contributed by atoms with van der Waals surface area (Å²) in [4.78, 5) is 26.5. The van der Waals surface area contributed by atoms with Gasteiger partial charge in [0.2, 0.25) is 0 Å². The minimum atomic E-state index is -0.949. The molecular formula is C21H20N2O3. The topological polar surface area (TPSA) is 62.5 Å². The van der Waals surface area contributed by atoms with Gasteiger partial charge in [0.25, 0.3) is 5.91 Å². The predicted octanol–water partition coefficient (Wildman–Crippen LogP) is 3.55. The summed E-state index contributed by atoms with van der Waals surface area (Å²) >= 11 is 0. The zero-order valence-corrected chi connectivity index (χ0v) is 14.8. The average Bonchev–Trinajstić information content (AvgIpc) is 2.94. The molecule has 1 aliphatic heterocycles. The molecule has 0 atom stereocenters. The number of amides is 1. The highest BCUT2D eigenvalue weighted by Crippen LogP contribution is 2.35. The number of rotatable bonds is 3. The highest BCUT2D eigenvalue weighted by atomic mass is 16.4. The monoisotopic (exact) mass is 348 g/mol. The van der Waals surface area contributed by atoms with Crippen LogP contribution in [-0.2, 0) is 17.8 Å². The minimum absolute atomic E-state index is 0.132. The molecule has 2 heterocycles. The Kier molecular flexibility index (Phi) is 3.80. The number of carboxylic acid groups (broad SMARTS) is 1. The average molecular weight is 348 g/mol. The fraction of sp³-hybridized carbons (Fsp3) is 0.238. The number of carboxylic acids is 1. The number of nitrogens with zero attached hydrogens (tertiary/aromatic N) is 2. The normalized spacial score (nSPS) is 13.9. The van der Waals surface area contributed by atoms with Gasteiger partial charge in [0, 0.05) is 17.6 Å². The van der Waals surface area contributed by atoms with E-state index in [0.717, 1.165) is 33.3 Å². The largest absolute Gasteiger partial charge is 0.480 e. The number of hydrogen-bond donors (Lipinski definition) is 1. The summed E-state index contributed by atoms with van der Waals surface area (Å²) in [7, 11) is 0. The van der Waals surface area contributed by atoms with Crippen LogP contribution in [0.4, 0.5) is 5.69 Å². The lowest BCUT2D eigenvalue weighted by Crippen LogP contribution is -2.39. The lowest BCUT2D eigenvalue weighted by Gasteiger charge is -2.28. The zero-order valence-electron chi connectivity index (χ0n) is 14.8. The molecule has 0 spiro atoms. The molecule has 0 bridgehead atoms. The molecule has 26 heavy (non-hydrogen) atoms. The van der Waals surface area contributed by atoms with Crippen molar-refractivity contribution in [3.63, 3.8) is 0 Å². The predicted molar refractivity (Wildman–Crippen MR) is 101 cm³/mol. The quantitative estimate of drug-likeness (QED) is 0.787. The zero-order chi connectivity index (χ0) is 18.4. The molecule has 3 aromatic rings. The molecule has 132 valence electrons. The van der Waals surface area contributed by atoms with Gasteiger partial charge in [-0.05, 0) is 49.1 Å². The standard InChI is InChI=1S/C21H20N2O3/c1-13-8-9-16-17-10-11-22(15-6-4-3-5-7-15)21(26)20(17)23(12-18(24)25)19(16)14(13)2/h3-9H,10-12H2,1-2H3,(H,24,25). The second kappa shape index (κ2) is 6.02. The van der Waals surface area contributed by atoms with Crippen molar-refractivity contribution in [2.45, 2.75) is 26.8 Å². The van der Waals surface area contributed by atoms with Crippen LogP contribution in [0.1, 0.15) is 27.2 Å². The van der Waals surface area contributed by atoms with Crippen molar-refractivity contribution in [2.24, 2.45) is 0 Å². The summed E-state index contributed by atoms with van der Waals surface area (Å²) in [6, 6.07) is 13.6. The molecule has 0 aliphatic carbocycles. The summed E-state index contributed by atoms with van der Waals surface area (Å²) in [5.41, 5.74) is 5.28. The SMILES string of the molecule is Cc1ccc2c3c(n(CC(=O)O)c2c1C)C(=O)N(c1ccccc1)CC3. The Hall–Kier alpha value is -3.08. The van der Waals surface area contributed by atoms with E-state index in [9.17, 15) is 14.7 Å². The van der Waals surface area contributed by atoms with Crippen LogP contribution in [0.25, 0.3) is 10.9 Å². The van der Waals surface area contributed by atoms with Gasteiger partial charge in [-0.3, -0.25) is 9.59 Å². The van der Waals surface area contributed by atoms with Crippen molar-refractivity contribution >= 4 is 28.5 Å². The van der Waals surface area contributed by atoms with E-state index in [1.54, 1.807) is 9.47 Å². The van der Waals surface area contributed by atoms with Crippen molar-refractivity contribution in [2.75, 3.05) is 11.4 Å². The van der Waals surface area contributed by atoms with Gasteiger partial charge in [0.1, 0.15) is 12.2 Å². The Balaban J connectivity index is 1.96. The van der Waals surface area contributed by atoms with Gasteiger partial charge in [-0.15, -0.1) is 0 Å². The molecule has 1 aliphatic rings. The lowest BCUT2D eigenvalue weighted by atomic mass is 9.99. The molecule has 1 aromatic heterocycles. The third kappa shape index (κ3) is 2.39. The maximum Gasteiger partial charge on any atom is 0.323 e. The number of carbonyl (C=O) groups excluding carboxylic acids is 1. The second-order valence-electron chi connectivity index (χ2n) is 6.75. The maximum atomic E-state index is 13.3. The first-order valence-corrected chi connectivity index (χ1v) is 8.69. The first-order valence-electron chi connectivity index (χ1n) is 8.69. The van der Waals surface area contributed by atoms with Crippen LogP contribution in [0.3, 0.4) is 0 Å². The molecule has 0 unspecified atom stereocenters. The van der Waals surface area contributed by atoms with Gasteiger partial charge in [0.05, 0.1) is 5.52 Å². The number of aryl methyl sites for hydroxylation is 2. The maximum absolute atomic E-state index is 13.3. The van der Waals surface area contributed by atoms with E-state index in [4.69, 9.17) is 0 Å². The van der Waals surface area contributed by atoms with Gasteiger partial charge in [-0.25, -0.2) is 0 Å². The molecule has 2 aromatic carbocycles. The molecular weight excluding hydrogens is 328 g/mol. The highest BCUT2D eigenvalue weighted by Gasteiger charge is 2.32. The van der Waals surface area contributed by atoms with Crippen molar-refractivity contribution in [1.82, 2.24) is 4.57 Å². The van der Waals surface area contributed by atoms with Crippen molar-refractivity contribution < 1.29 is 14.7 Å². The minimum Gasteiger partial charge on any atom is -0.480 e. The third-order valence-corrected chi connectivity index (χ3v) is 5.25. The van der Waals surface area contributed by atoms with Gasteiger partial charge in [-0.1, -0.05) is 30.3 Å². The summed E-state index contributed by atoms with van der Waals surface area (Å²) in [5.74, 6) is -1.08. The highest BCUT2D eigenvalue weighted by molar-refractivity contribution is 6.11. The lowest BCUT2D eigenvalue weighted by molar-refractivity contribution is -0.137.